The van der Waals surface area contributed by atoms with Crippen LogP contribution < -0.4 is 16.0 Å². The van der Waals surface area contributed by atoms with Gasteiger partial charge in [-0.1, -0.05) is 32.6 Å². The molecule has 5 nitrogen and oxygen atoms in total. The molecule has 0 aromatic heterocycles. The summed E-state index contributed by atoms with van der Waals surface area (Å²) in [6.07, 6.45) is 5.94. The molecule has 0 radical (unpaired) electrons. The number of carbonyl (C=O) groups excluding carboxylic acids is 2. The Morgan fingerprint density at radius 2 is 1.61 bits per heavy atom. The average molecular weight is 319 g/mol. The normalized spacial score (nSPS) is 10.2. The maximum atomic E-state index is 11.7. The van der Waals surface area contributed by atoms with E-state index in [0.717, 1.165) is 18.7 Å². The summed E-state index contributed by atoms with van der Waals surface area (Å²) in [5, 5.41) is 8.72. The van der Waals surface area contributed by atoms with Crippen LogP contribution in [0, 0.1) is 0 Å². The minimum Gasteiger partial charge on any atom is -0.376 e. The standard InChI is InChI=1S/C18H29N3O2/c1-3-5-6-7-8-13-20-17(22)14-21-16-11-9-15(10-12-16)18(23)19-4-2/h9-12,21H,3-8,13-14H2,1-2H3,(H,19,23)(H,20,22). The molecule has 1 rings (SSSR count). The van der Waals surface area contributed by atoms with Gasteiger partial charge in [0, 0.05) is 24.3 Å². The first-order valence-corrected chi connectivity index (χ1v) is 8.56. The molecule has 0 aliphatic carbocycles. The molecule has 1 aromatic rings. The Bertz CT molecular complexity index is 472. The summed E-state index contributed by atoms with van der Waals surface area (Å²) in [4.78, 5) is 23.4. The van der Waals surface area contributed by atoms with Crippen LogP contribution in [0.2, 0.25) is 0 Å². The van der Waals surface area contributed by atoms with Gasteiger partial charge < -0.3 is 16.0 Å². The van der Waals surface area contributed by atoms with E-state index in [9.17, 15) is 9.59 Å². The van der Waals surface area contributed by atoms with Crippen LogP contribution in [0.1, 0.15) is 56.3 Å². The van der Waals surface area contributed by atoms with E-state index in [1.54, 1.807) is 12.1 Å². The second-order valence-corrected chi connectivity index (χ2v) is 5.55. The molecule has 23 heavy (non-hydrogen) atoms. The molecule has 0 atom stereocenters. The molecule has 128 valence electrons. The van der Waals surface area contributed by atoms with Crippen molar-refractivity contribution in [1.29, 1.82) is 0 Å². The predicted octanol–water partition coefficient (Wildman–Crippen LogP) is 2.93. The maximum Gasteiger partial charge on any atom is 0.251 e. The van der Waals surface area contributed by atoms with Crippen molar-refractivity contribution in [2.24, 2.45) is 0 Å². The smallest absolute Gasteiger partial charge is 0.251 e. The first-order chi connectivity index (χ1) is 11.2. The van der Waals surface area contributed by atoms with Crippen molar-refractivity contribution >= 4 is 17.5 Å². The van der Waals surface area contributed by atoms with Crippen LogP contribution >= 0.6 is 0 Å². The van der Waals surface area contributed by atoms with Crippen LogP contribution in [0.3, 0.4) is 0 Å². The molecule has 0 unspecified atom stereocenters. The molecular formula is C18H29N3O2. The van der Waals surface area contributed by atoms with Gasteiger partial charge in [0.1, 0.15) is 0 Å². The van der Waals surface area contributed by atoms with Crippen LogP contribution in [0.15, 0.2) is 24.3 Å². The Hall–Kier alpha value is -2.04. The number of nitrogens with one attached hydrogen (secondary N) is 3. The molecule has 3 N–H and O–H groups in total. The molecule has 0 spiro atoms. The van der Waals surface area contributed by atoms with Gasteiger partial charge in [-0.2, -0.15) is 0 Å². The fraction of sp³-hybridized carbons (Fsp3) is 0.556. The van der Waals surface area contributed by atoms with Crippen molar-refractivity contribution in [2.75, 3.05) is 25.0 Å². The van der Waals surface area contributed by atoms with Gasteiger partial charge in [0.2, 0.25) is 5.91 Å². The summed E-state index contributed by atoms with van der Waals surface area (Å²) >= 11 is 0. The number of anilines is 1. The first-order valence-electron chi connectivity index (χ1n) is 8.56. The number of hydrogen-bond acceptors (Lipinski definition) is 3. The highest BCUT2D eigenvalue weighted by Gasteiger charge is 2.04. The Labute approximate surface area is 139 Å². The van der Waals surface area contributed by atoms with Crippen molar-refractivity contribution in [3.05, 3.63) is 29.8 Å². The zero-order chi connectivity index (χ0) is 16.9. The van der Waals surface area contributed by atoms with Gasteiger partial charge in [-0.15, -0.1) is 0 Å². The number of rotatable bonds is 11. The van der Waals surface area contributed by atoms with E-state index in [1.807, 2.05) is 19.1 Å². The predicted molar refractivity (Wildman–Crippen MR) is 94.7 cm³/mol. The molecule has 1 aromatic carbocycles. The van der Waals surface area contributed by atoms with Crippen molar-refractivity contribution in [1.82, 2.24) is 10.6 Å². The van der Waals surface area contributed by atoms with E-state index in [4.69, 9.17) is 0 Å². The number of hydrogen-bond donors (Lipinski definition) is 3. The molecule has 0 aliphatic heterocycles. The Morgan fingerprint density at radius 1 is 0.913 bits per heavy atom. The largest absolute Gasteiger partial charge is 0.376 e. The van der Waals surface area contributed by atoms with Crippen molar-refractivity contribution in [2.45, 2.75) is 46.0 Å². The lowest BCUT2D eigenvalue weighted by atomic mass is 10.1. The molecule has 0 heterocycles. The van der Waals surface area contributed by atoms with Gasteiger partial charge in [-0.3, -0.25) is 9.59 Å². The molecule has 0 fully saturated rings. The lowest BCUT2D eigenvalue weighted by molar-refractivity contribution is -0.119. The van der Waals surface area contributed by atoms with Crippen LogP contribution in [-0.4, -0.2) is 31.4 Å². The SMILES string of the molecule is CCCCCCCNC(=O)CNc1ccc(C(=O)NCC)cc1. The minimum absolute atomic E-state index is 0.00621. The quantitative estimate of drug-likeness (QED) is 0.549. The number of carbonyl (C=O) groups is 2. The topological polar surface area (TPSA) is 70.2 Å². The zero-order valence-corrected chi connectivity index (χ0v) is 14.3. The molecule has 0 saturated carbocycles. The van der Waals surface area contributed by atoms with Gasteiger partial charge >= 0.3 is 0 Å². The fourth-order valence-corrected chi connectivity index (χ4v) is 2.20. The highest BCUT2D eigenvalue weighted by atomic mass is 16.2. The lowest BCUT2D eigenvalue weighted by Gasteiger charge is -2.08. The van der Waals surface area contributed by atoms with Crippen LogP contribution in [0.25, 0.3) is 0 Å². The van der Waals surface area contributed by atoms with Gasteiger partial charge in [0.05, 0.1) is 6.54 Å². The number of unbranched alkanes of at least 4 members (excludes halogenated alkanes) is 4. The number of benzene rings is 1. The molecule has 5 heteroatoms. The van der Waals surface area contributed by atoms with Crippen LogP contribution in [0.5, 0.6) is 0 Å². The Balaban J connectivity index is 2.21. The highest BCUT2D eigenvalue weighted by molar-refractivity contribution is 5.94. The third-order valence-corrected chi connectivity index (χ3v) is 3.54. The van der Waals surface area contributed by atoms with E-state index >= 15 is 0 Å². The van der Waals surface area contributed by atoms with E-state index in [0.29, 0.717) is 12.1 Å². The maximum absolute atomic E-state index is 11.7. The van der Waals surface area contributed by atoms with E-state index in [2.05, 4.69) is 22.9 Å². The monoisotopic (exact) mass is 319 g/mol. The molecular weight excluding hydrogens is 290 g/mol. The van der Waals surface area contributed by atoms with Crippen molar-refractivity contribution in [3.8, 4) is 0 Å². The molecule has 0 aliphatic rings. The summed E-state index contributed by atoms with van der Waals surface area (Å²) < 4.78 is 0. The second kappa shape index (κ2) is 11.5. The van der Waals surface area contributed by atoms with Gasteiger partial charge in [-0.05, 0) is 37.6 Å². The third-order valence-electron chi connectivity index (χ3n) is 3.54. The van der Waals surface area contributed by atoms with E-state index in [-0.39, 0.29) is 18.4 Å². The average Bonchev–Trinajstić information content (AvgIpc) is 2.57. The highest BCUT2D eigenvalue weighted by Crippen LogP contribution is 2.09. The molecule has 2 amide bonds. The third kappa shape index (κ3) is 8.24. The van der Waals surface area contributed by atoms with Crippen LogP contribution in [-0.2, 0) is 4.79 Å². The summed E-state index contributed by atoms with van der Waals surface area (Å²) in [5.41, 5.74) is 1.45. The Morgan fingerprint density at radius 3 is 2.26 bits per heavy atom. The fourth-order valence-electron chi connectivity index (χ4n) is 2.20. The van der Waals surface area contributed by atoms with Gasteiger partial charge in [0.15, 0.2) is 0 Å². The van der Waals surface area contributed by atoms with E-state index in [1.165, 1.54) is 25.7 Å². The van der Waals surface area contributed by atoms with Gasteiger partial charge in [-0.25, -0.2) is 0 Å². The molecule has 0 bridgehead atoms. The van der Waals surface area contributed by atoms with Crippen molar-refractivity contribution < 1.29 is 9.59 Å². The first kappa shape index (κ1) is 19.0. The lowest BCUT2D eigenvalue weighted by Crippen LogP contribution is -2.30. The Kier molecular flexibility index (Phi) is 9.52. The van der Waals surface area contributed by atoms with Gasteiger partial charge in [0.25, 0.3) is 5.91 Å². The molecule has 0 saturated heterocycles. The summed E-state index contributed by atoms with van der Waals surface area (Å²) in [5.74, 6) is -0.0897. The number of amides is 2. The zero-order valence-electron chi connectivity index (χ0n) is 14.3. The summed E-state index contributed by atoms with van der Waals surface area (Å²) in [7, 11) is 0. The van der Waals surface area contributed by atoms with E-state index < -0.39 is 0 Å². The van der Waals surface area contributed by atoms with Crippen molar-refractivity contribution in [3.63, 3.8) is 0 Å². The summed E-state index contributed by atoms with van der Waals surface area (Å²) in [6.45, 7) is 5.67. The second-order valence-electron chi connectivity index (χ2n) is 5.55. The minimum atomic E-state index is -0.0835. The summed E-state index contributed by atoms with van der Waals surface area (Å²) in [6, 6.07) is 7.11. The van der Waals surface area contributed by atoms with Crippen LogP contribution in [0.4, 0.5) is 5.69 Å².